The molecule has 1 aromatic heterocycles. The number of rotatable bonds is 4. The molecule has 1 aliphatic heterocycles. The summed E-state index contributed by atoms with van der Waals surface area (Å²) in [6.45, 7) is 9.47. The van der Waals surface area contributed by atoms with Gasteiger partial charge in [-0.3, -0.25) is 0 Å². The molecule has 1 aliphatic rings. The fourth-order valence-electron chi connectivity index (χ4n) is 2.58. The molecule has 4 nitrogen and oxygen atoms in total. The van der Waals surface area contributed by atoms with Crippen LogP contribution in [0.1, 0.15) is 51.5 Å². The number of amides is 1. The summed E-state index contributed by atoms with van der Waals surface area (Å²) in [5, 5.41) is 3.54. The van der Waals surface area contributed by atoms with Gasteiger partial charge in [0.15, 0.2) is 0 Å². The van der Waals surface area contributed by atoms with Gasteiger partial charge in [-0.25, -0.2) is 4.79 Å². The number of nitrogens with one attached hydrogen (secondary N) is 1. The number of hydrogen-bond acceptors (Lipinski definition) is 4. The third kappa shape index (κ3) is 4.96. The lowest BCUT2D eigenvalue weighted by atomic mass is 10.2. The zero-order valence-electron chi connectivity index (χ0n) is 13.7. The van der Waals surface area contributed by atoms with Crippen LogP contribution in [-0.4, -0.2) is 35.7 Å². The molecule has 0 spiro atoms. The van der Waals surface area contributed by atoms with Crippen molar-refractivity contribution in [1.29, 1.82) is 0 Å². The maximum Gasteiger partial charge on any atom is 0.410 e. The Labute approximate surface area is 145 Å². The molecule has 2 heterocycles. The van der Waals surface area contributed by atoms with Gasteiger partial charge < -0.3 is 15.0 Å². The molecule has 0 radical (unpaired) electrons. The van der Waals surface area contributed by atoms with E-state index in [2.05, 4.69) is 40.3 Å². The van der Waals surface area contributed by atoms with Crippen molar-refractivity contribution in [3.05, 3.63) is 20.8 Å². The zero-order valence-corrected chi connectivity index (χ0v) is 16.1. The minimum atomic E-state index is -0.436. The molecule has 1 N–H and O–H groups in total. The number of carbonyl (C=O) groups is 1. The molecule has 0 aliphatic carbocycles. The first-order valence-corrected chi connectivity index (χ1v) is 9.35. The molecule has 0 saturated carbocycles. The van der Waals surface area contributed by atoms with Gasteiger partial charge in [-0.05, 0) is 68.6 Å². The zero-order chi connectivity index (χ0) is 16.3. The first-order valence-electron chi connectivity index (χ1n) is 7.74. The Bertz CT molecular complexity index is 512. The number of hydrogen-bond donors (Lipinski definition) is 1. The van der Waals surface area contributed by atoms with E-state index < -0.39 is 5.60 Å². The molecule has 22 heavy (non-hydrogen) atoms. The van der Waals surface area contributed by atoms with Crippen LogP contribution in [0.4, 0.5) is 4.79 Å². The van der Waals surface area contributed by atoms with E-state index in [1.54, 1.807) is 11.3 Å². The third-order valence-corrected chi connectivity index (χ3v) is 5.49. The van der Waals surface area contributed by atoms with Gasteiger partial charge in [0, 0.05) is 30.1 Å². The predicted molar refractivity (Wildman–Crippen MR) is 94.4 cm³/mol. The predicted octanol–water partition coefficient (Wildman–Crippen LogP) is 4.56. The van der Waals surface area contributed by atoms with Crippen LogP contribution in [-0.2, 0) is 4.74 Å². The minimum Gasteiger partial charge on any atom is -0.444 e. The second-order valence-electron chi connectivity index (χ2n) is 6.74. The van der Waals surface area contributed by atoms with Crippen molar-refractivity contribution in [3.63, 3.8) is 0 Å². The molecule has 124 valence electrons. The van der Waals surface area contributed by atoms with E-state index in [4.69, 9.17) is 4.74 Å². The Kier molecular flexibility index (Phi) is 5.91. The Morgan fingerprint density at radius 2 is 2.27 bits per heavy atom. The van der Waals surface area contributed by atoms with Crippen LogP contribution in [0.25, 0.3) is 0 Å². The lowest BCUT2D eigenvalue weighted by molar-refractivity contribution is 0.0225. The lowest BCUT2D eigenvalue weighted by Crippen LogP contribution is -2.44. The highest BCUT2D eigenvalue weighted by molar-refractivity contribution is 9.11. The van der Waals surface area contributed by atoms with Crippen molar-refractivity contribution < 1.29 is 9.53 Å². The summed E-state index contributed by atoms with van der Waals surface area (Å²) < 4.78 is 6.65. The maximum absolute atomic E-state index is 12.3. The van der Waals surface area contributed by atoms with Crippen molar-refractivity contribution in [3.8, 4) is 0 Å². The quantitative estimate of drug-likeness (QED) is 0.821. The van der Waals surface area contributed by atoms with E-state index in [-0.39, 0.29) is 18.2 Å². The van der Waals surface area contributed by atoms with Gasteiger partial charge in [0.1, 0.15) is 5.60 Å². The van der Waals surface area contributed by atoms with Gasteiger partial charge in [-0.1, -0.05) is 0 Å². The van der Waals surface area contributed by atoms with Crippen molar-refractivity contribution in [2.24, 2.45) is 0 Å². The Balaban J connectivity index is 1.87. The number of ether oxygens (including phenoxy) is 1. The van der Waals surface area contributed by atoms with E-state index >= 15 is 0 Å². The van der Waals surface area contributed by atoms with Gasteiger partial charge >= 0.3 is 6.09 Å². The SMILES string of the molecule is CC(NCC1CCCN1C(=O)OC(C)(C)C)c1ccc(Br)s1. The molecule has 0 bridgehead atoms. The second kappa shape index (κ2) is 7.32. The van der Waals surface area contributed by atoms with Gasteiger partial charge in [0.05, 0.1) is 3.79 Å². The standard InChI is InChI=1S/C16H25BrN2O2S/c1-11(13-7-8-14(17)22-13)18-10-12-6-5-9-19(12)15(20)21-16(2,3)4/h7-8,11-12,18H,5-6,9-10H2,1-4H3. The average molecular weight is 389 g/mol. The Morgan fingerprint density at radius 1 is 1.55 bits per heavy atom. The monoisotopic (exact) mass is 388 g/mol. The summed E-state index contributed by atoms with van der Waals surface area (Å²) in [6, 6.07) is 4.71. The second-order valence-corrected chi connectivity index (χ2v) is 9.24. The first kappa shape index (κ1) is 17.8. The first-order chi connectivity index (χ1) is 10.3. The summed E-state index contributed by atoms with van der Waals surface area (Å²) in [7, 11) is 0. The van der Waals surface area contributed by atoms with E-state index in [0.29, 0.717) is 0 Å². The molecule has 1 aromatic rings. The lowest BCUT2D eigenvalue weighted by Gasteiger charge is -2.29. The molecule has 1 saturated heterocycles. The summed E-state index contributed by atoms with van der Waals surface area (Å²) in [6.07, 6.45) is 1.89. The van der Waals surface area contributed by atoms with Gasteiger partial charge in [-0.15, -0.1) is 11.3 Å². The van der Waals surface area contributed by atoms with Crippen molar-refractivity contribution in [1.82, 2.24) is 10.2 Å². The summed E-state index contributed by atoms with van der Waals surface area (Å²) in [5.41, 5.74) is -0.436. The highest BCUT2D eigenvalue weighted by Crippen LogP contribution is 2.27. The highest BCUT2D eigenvalue weighted by Gasteiger charge is 2.32. The Morgan fingerprint density at radius 3 is 2.86 bits per heavy atom. The van der Waals surface area contributed by atoms with E-state index in [1.807, 2.05) is 25.7 Å². The van der Waals surface area contributed by atoms with E-state index in [9.17, 15) is 4.79 Å². The largest absolute Gasteiger partial charge is 0.444 e. The van der Waals surface area contributed by atoms with Crippen LogP contribution in [0, 0.1) is 0 Å². The summed E-state index contributed by atoms with van der Waals surface area (Å²) >= 11 is 5.24. The van der Waals surface area contributed by atoms with Crippen molar-refractivity contribution >= 4 is 33.4 Å². The van der Waals surface area contributed by atoms with Crippen LogP contribution in [0.2, 0.25) is 0 Å². The van der Waals surface area contributed by atoms with Gasteiger partial charge in [-0.2, -0.15) is 0 Å². The number of thiophene rings is 1. The van der Waals surface area contributed by atoms with Gasteiger partial charge in [0.2, 0.25) is 0 Å². The Hall–Kier alpha value is -0.590. The smallest absolute Gasteiger partial charge is 0.410 e. The van der Waals surface area contributed by atoms with Gasteiger partial charge in [0.25, 0.3) is 0 Å². The topological polar surface area (TPSA) is 41.6 Å². The fourth-order valence-corrected chi connectivity index (χ4v) is 4.03. The van der Waals surface area contributed by atoms with Crippen molar-refractivity contribution in [2.45, 2.75) is 58.2 Å². The van der Waals surface area contributed by atoms with Crippen LogP contribution in [0.15, 0.2) is 15.9 Å². The highest BCUT2D eigenvalue weighted by atomic mass is 79.9. The van der Waals surface area contributed by atoms with Crippen LogP contribution in [0.3, 0.4) is 0 Å². The maximum atomic E-state index is 12.3. The summed E-state index contributed by atoms with van der Waals surface area (Å²) in [5.74, 6) is 0. The molecule has 2 rings (SSSR count). The summed E-state index contributed by atoms with van der Waals surface area (Å²) in [4.78, 5) is 15.4. The number of carbonyl (C=O) groups excluding carboxylic acids is 1. The number of nitrogens with zero attached hydrogens (tertiary/aromatic N) is 1. The molecule has 0 aromatic carbocycles. The average Bonchev–Trinajstić information content (AvgIpc) is 3.02. The number of likely N-dealkylation sites (tertiary alicyclic amines) is 1. The molecular formula is C16H25BrN2O2S. The number of halogens is 1. The van der Waals surface area contributed by atoms with Crippen LogP contribution < -0.4 is 5.32 Å². The molecule has 1 amide bonds. The van der Waals surface area contributed by atoms with E-state index in [1.165, 1.54) is 4.88 Å². The van der Waals surface area contributed by atoms with Crippen LogP contribution >= 0.6 is 27.3 Å². The molecule has 6 heteroatoms. The molecule has 2 atom stereocenters. The fraction of sp³-hybridized carbons (Fsp3) is 0.688. The minimum absolute atomic E-state index is 0.191. The molecule has 2 unspecified atom stereocenters. The third-order valence-electron chi connectivity index (χ3n) is 3.69. The van der Waals surface area contributed by atoms with E-state index in [0.717, 1.165) is 29.7 Å². The normalized spacial score (nSPS) is 20.2. The van der Waals surface area contributed by atoms with Crippen LogP contribution in [0.5, 0.6) is 0 Å². The molecule has 1 fully saturated rings. The molecular weight excluding hydrogens is 364 g/mol. The van der Waals surface area contributed by atoms with Crippen molar-refractivity contribution in [2.75, 3.05) is 13.1 Å².